The SMILES string of the molecule is C[C@H](NCC(O)CN(C)C)c1ccccc1Cl. The summed E-state index contributed by atoms with van der Waals surface area (Å²) < 4.78 is 0. The molecule has 1 aromatic rings. The van der Waals surface area contributed by atoms with Crippen molar-refractivity contribution in [2.75, 3.05) is 27.2 Å². The molecule has 0 bridgehead atoms. The van der Waals surface area contributed by atoms with E-state index in [9.17, 15) is 5.11 Å². The first kappa shape index (κ1) is 14.5. The van der Waals surface area contributed by atoms with Gasteiger partial charge in [-0.15, -0.1) is 0 Å². The van der Waals surface area contributed by atoms with Gasteiger partial charge in [0.1, 0.15) is 0 Å². The molecule has 17 heavy (non-hydrogen) atoms. The lowest BCUT2D eigenvalue weighted by molar-refractivity contribution is 0.132. The lowest BCUT2D eigenvalue weighted by Crippen LogP contribution is -2.36. The summed E-state index contributed by atoms with van der Waals surface area (Å²) in [6.45, 7) is 3.26. The number of nitrogens with zero attached hydrogens (tertiary/aromatic N) is 1. The summed E-state index contributed by atoms with van der Waals surface area (Å²) in [5.41, 5.74) is 1.06. The van der Waals surface area contributed by atoms with E-state index in [1.54, 1.807) is 0 Å². The van der Waals surface area contributed by atoms with Crippen LogP contribution in [0.4, 0.5) is 0 Å². The average Bonchev–Trinajstić information content (AvgIpc) is 2.25. The van der Waals surface area contributed by atoms with Crippen LogP contribution in [0.2, 0.25) is 5.02 Å². The molecule has 1 unspecified atom stereocenters. The molecule has 0 amide bonds. The summed E-state index contributed by atoms with van der Waals surface area (Å²) in [5.74, 6) is 0. The molecular formula is C13H21ClN2O. The lowest BCUT2D eigenvalue weighted by atomic mass is 10.1. The number of nitrogens with one attached hydrogen (secondary N) is 1. The number of likely N-dealkylation sites (N-methyl/N-ethyl adjacent to an activating group) is 1. The van der Waals surface area contributed by atoms with E-state index < -0.39 is 0 Å². The molecule has 96 valence electrons. The first-order valence-electron chi connectivity index (χ1n) is 5.81. The Morgan fingerprint density at radius 2 is 2.00 bits per heavy atom. The Kier molecular flexibility index (Phi) is 5.92. The maximum absolute atomic E-state index is 9.75. The van der Waals surface area contributed by atoms with Crippen molar-refractivity contribution < 1.29 is 5.11 Å². The number of hydrogen-bond acceptors (Lipinski definition) is 3. The standard InChI is InChI=1S/C13H21ClN2O/c1-10(12-6-4-5-7-13(12)14)15-8-11(17)9-16(2)3/h4-7,10-11,15,17H,8-9H2,1-3H3/t10-,11?/m0/s1. The van der Waals surface area contributed by atoms with Crippen molar-refractivity contribution in [2.24, 2.45) is 0 Å². The van der Waals surface area contributed by atoms with Crippen molar-refractivity contribution in [1.82, 2.24) is 10.2 Å². The van der Waals surface area contributed by atoms with Gasteiger partial charge in [0.15, 0.2) is 0 Å². The van der Waals surface area contributed by atoms with Gasteiger partial charge < -0.3 is 15.3 Å². The van der Waals surface area contributed by atoms with Gasteiger partial charge in [-0.3, -0.25) is 0 Å². The monoisotopic (exact) mass is 256 g/mol. The number of halogens is 1. The third kappa shape index (κ3) is 5.04. The lowest BCUT2D eigenvalue weighted by Gasteiger charge is -2.20. The Labute approximate surface area is 108 Å². The van der Waals surface area contributed by atoms with Crippen molar-refractivity contribution in [3.8, 4) is 0 Å². The summed E-state index contributed by atoms with van der Waals surface area (Å²) in [7, 11) is 3.89. The van der Waals surface area contributed by atoms with E-state index in [1.807, 2.05) is 50.2 Å². The van der Waals surface area contributed by atoms with Crippen LogP contribution in [0.3, 0.4) is 0 Å². The Morgan fingerprint density at radius 3 is 2.59 bits per heavy atom. The molecule has 0 heterocycles. The van der Waals surface area contributed by atoms with Crippen LogP contribution in [0.25, 0.3) is 0 Å². The van der Waals surface area contributed by atoms with Gasteiger partial charge in [0.25, 0.3) is 0 Å². The topological polar surface area (TPSA) is 35.5 Å². The molecule has 0 saturated carbocycles. The van der Waals surface area contributed by atoms with Crippen molar-refractivity contribution >= 4 is 11.6 Å². The number of aliphatic hydroxyl groups excluding tert-OH is 1. The molecule has 1 aromatic carbocycles. The molecule has 0 radical (unpaired) electrons. The fraction of sp³-hybridized carbons (Fsp3) is 0.538. The van der Waals surface area contributed by atoms with E-state index >= 15 is 0 Å². The third-order valence-corrected chi connectivity index (χ3v) is 2.95. The Hall–Kier alpha value is -0.610. The van der Waals surface area contributed by atoms with Gasteiger partial charge in [-0.05, 0) is 32.6 Å². The minimum atomic E-state index is -0.366. The predicted molar refractivity (Wildman–Crippen MR) is 72.4 cm³/mol. The maximum Gasteiger partial charge on any atom is 0.0791 e. The van der Waals surface area contributed by atoms with Crippen LogP contribution in [0.15, 0.2) is 24.3 Å². The molecule has 0 aliphatic heterocycles. The van der Waals surface area contributed by atoms with Gasteiger partial charge in [0, 0.05) is 24.2 Å². The second-order valence-electron chi connectivity index (χ2n) is 4.57. The molecular weight excluding hydrogens is 236 g/mol. The first-order valence-corrected chi connectivity index (χ1v) is 6.19. The van der Waals surface area contributed by atoms with Gasteiger partial charge in [-0.2, -0.15) is 0 Å². The molecule has 0 fully saturated rings. The zero-order valence-corrected chi connectivity index (χ0v) is 11.4. The summed E-state index contributed by atoms with van der Waals surface area (Å²) in [5, 5.41) is 13.8. The fourth-order valence-electron chi connectivity index (χ4n) is 1.74. The zero-order valence-electron chi connectivity index (χ0n) is 10.7. The maximum atomic E-state index is 9.75. The highest BCUT2D eigenvalue weighted by atomic mass is 35.5. The third-order valence-electron chi connectivity index (χ3n) is 2.61. The first-order chi connectivity index (χ1) is 8.00. The molecule has 0 aromatic heterocycles. The molecule has 0 aliphatic rings. The highest BCUT2D eigenvalue weighted by Gasteiger charge is 2.11. The van der Waals surface area contributed by atoms with E-state index in [2.05, 4.69) is 5.32 Å². The van der Waals surface area contributed by atoms with Crippen LogP contribution in [-0.4, -0.2) is 43.3 Å². The molecule has 2 N–H and O–H groups in total. The van der Waals surface area contributed by atoms with Crippen LogP contribution >= 0.6 is 11.6 Å². The summed E-state index contributed by atoms with van der Waals surface area (Å²) >= 11 is 6.11. The number of benzene rings is 1. The Morgan fingerprint density at radius 1 is 1.35 bits per heavy atom. The number of rotatable bonds is 6. The van der Waals surface area contributed by atoms with Gasteiger partial charge in [-0.25, -0.2) is 0 Å². The van der Waals surface area contributed by atoms with Crippen molar-refractivity contribution in [1.29, 1.82) is 0 Å². The molecule has 3 nitrogen and oxygen atoms in total. The second kappa shape index (κ2) is 6.97. The van der Waals surface area contributed by atoms with E-state index in [-0.39, 0.29) is 12.1 Å². The highest BCUT2D eigenvalue weighted by Crippen LogP contribution is 2.21. The normalized spacial score (nSPS) is 14.9. The van der Waals surface area contributed by atoms with Crippen molar-refractivity contribution in [3.05, 3.63) is 34.9 Å². The van der Waals surface area contributed by atoms with Crippen LogP contribution < -0.4 is 5.32 Å². The molecule has 4 heteroatoms. The van der Waals surface area contributed by atoms with Gasteiger partial charge in [-0.1, -0.05) is 29.8 Å². The minimum absolute atomic E-state index is 0.139. The molecule has 1 rings (SSSR count). The van der Waals surface area contributed by atoms with Crippen LogP contribution in [0.1, 0.15) is 18.5 Å². The predicted octanol–water partition coefficient (Wildman–Crippen LogP) is 1.91. The largest absolute Gasteiger partial charge is 0.390 e. The quantitative estimate of drug-likeness (QED) is 0.816. The van der Waals surface area contributed by atoms with E-state index in [1.165, 1.54) is 0 Å². The second-order valence-corrected chi connectivity index (χ2v) is 4.97. The molecule has 2 atom stereocenters. The molecule has 0 aliphatic carbocycles. The number of aliphatic hydroxyl groups is 1. The van der Waals surface area contributed by atoms with Gasteiger partial charge in [0.2, 0.25) is 0 Å². The summed E-state index contributed by atoms with van der Waals surface area (Å²) in [6, 6.07) is 7.90. The van der Waals surface area contributed by atoms with Crippen molar-refractivity contribution in [3.63, 3.8) is 0 Å². The minimum Gasteiger partial charge on any atom is -0.390 e. The smallest absolute Gasteiger partial charge is 0.0791 e. The van der Waals surface area contributed by atoms with E-state index in [0.717, 1.165) is 10.6 Å². The van der Waals surface area contributed by atoms with Gasteiger partial charge >= 0.3 is 0 Å². The van der Waals surface area contributed by atoms with Crippen LogP contribution in [-0.2, 0) is 0 Å². The zero-order chi connectivity index (χ0) is 12.8. The highest BCUT2D eigenvalue weighted by molar-refractivity contribution is 6.31. The number of hydrogen-bond donors (Lipinski definition) is 2. The molecule has 0 saturated heterocycles. The van der Waals surface area contributed by atoms with E-state index in [0.29, 0.717) is 13.1 Å². The Balaban J connectivity index is 2.45. The van der Waals surface area contributed by atoms with Crippen LogP contribution in [0, 0.1) is 0 Å². The van der Waals surface area contributed by atoms with Crippen LogP contribution in [0.5, 0.6) is 0 Å². The molecule has 0 spiro atoms. The summed E-state index contributed by atoms with van der Waals surface area (Å²) in [6.07, 6.45) is -0.366. The Bertz CT molecular complexity index is 344. The fourth-order valence-corrected chi connectivity index (χ4v) is 2.03. The van der Waals surface area contributed by atoms with Crippen molar-refractivity contribution in [2.45, 2.75) is 19.1 Å². The average molecular weight is 257 g/mol. The van der Waals surface area contributed by atoms with Gasteiger partial charge in [0.05, 0.1) is 6.10 Å². The summed E-state index contributed by atoms with van der Waals surface area (Å²) in [4.78, 5) is 1.96. The van der Waals surface area contributed by atoms with E-state index in [4.69, 9.17) is 11.6 Å².